The van der Waals surface area contributed by atoms with Gasteiger partial charge in [0.2, 0.25) is 0 Å². The van der Waals surface area contributed by atoms with Crippen molar-refractivity contribution in [1.29, 1.82) is 0 Å². The fourth-order valence-corrected chi connectivity index (χ4v) is 2.03. The van der Waals surface area contributed by atoms with Gasteiger partial charge in [-0.05, 0) is 47.7 Å². The van der Waals surface area contributed by atoms with Crippen LogP contribution in [0.4, 0.5) is 0 Å². The molecule has 0 spiro atoms. The number of hydrogen-bond acceptors (Lipinski definition) is 0. The van der Waals surface area contributed by atoms with Crippen LogP contribution >= 0.6 is 11.6 Å². The molecule has 0 fully saturated rings. The summed E-state index contributed by atoms with van der Waals surface area (Å²) in [6.45, 7) is 4.33. The van der Waals surface area contributed by atoms with Crippen molar-refractivity contribution in [2.24, 2.45) is 0 Å². The van der Waals surface area contributed by atoms with Crippen LogP contribution in [-0.4, -0.2) is 0 Å². The minimum absolute atomic E-state index is 0.784. The number of halogens is 1. The van der Waals surface area contributed by atoms with E-state index in [0.29, 0.717) is 0 Å². The molecule has 0 heterocycles. The van der Waals surface area contributed by atoms with Gasteiger partial charge in [0, 0.05) is 5.02 Å². The third-order valence-electron chi connectivity index (χ3n) is 2.85. The molecular formula is C15H15Cl. The largest absolute Gasteiger partial charge is 0.0843 e. The Morgan fingerprint density at radius 1 is 1.00 bits per heavy atom. The smallest absolute Gasteiger partial charge is 0.0406 e. The third-order valence-corrected chi connectivity index (χ3v) is 3.11. The summed E-state index contributed by atoms with van der Waals surface area (Å²) in [5.74, 6) is 0. The molecule has 0 unspecified atom stereocenters. The molecule has 1 heteroatoms. The Kier molecular flexibility index (Phi) is 3.31. The molecule has 0 aromatic heterocycles. The maximum atomic E-state index is 5.89. The van der Waals surface area contributed by atoms with Crippen molar-refractivity contribution < 1.29 is 0 Å². The van der Waals surface area contributed by atoms with Gasteiger partial charge in [0.25, 0.3) is 0 Å². The highest BCUT2D eigenvalue weighted by molar-refractivity contribution is 6.30. The quantitative estimate of drug-likeness (QED) is 0.690. The number of hydrogen-bond donors (Lipinski definition) is 0. The molecule has 2 aromatic carbocycles. The zero-order valence-electron chi connectivity index (χ0n) is 9.63. The van der Waals surface area contributed by atoms with E-state index in [2.05, 4.69) is 44.2 Å². The highest BCUT2D eigenvalue weighted by atomic mass is 35.5. The van der Waals surface area contributed by atoms with Crippen LogP contribution in [0, 0.1) is 6.92 Å². The first-order valence-corrected chi connectivity index (χ1v) is 5.94. The van der Waals surface area contributed by atoms with E-state index in [-0.39, 0.29) is 0 Å². The van der Waals surface area contributed by atoms with E-state index in [4.69, 9.17) is 11.6 Å². The van der Waals surface area contributed by atoms with E-state index in [1.54, 1.807) is 0 Å². The van der Waals surface area contributed by atoms with E-state index in [0.717, 1.165) is 11.4 Å². The summed E-state index contributed by atoms with van der Waals surface area (Å²) in [4.78, 5) is 0. The number of rotatable bonds is 2. The van der Waals surface area contributed by atoms with E-state index < -0.39 is 0 Å². The lowest BCUT2D eigenvalue weighted by molar-refractivity contribution is 1.13. The minimum Gasteiger partial charge on any atom is -0.0843 e. The maximum absolute atomic E-state index is 5.89. The van der Waals surface area contributed by atoms with Gasteiger partial charge in [-0.15, -0.1) is 0 Å². The summed E-state index contributed by atoms with van der Waals surface area (Å²) in [5, 5.41) is 0.784. The monoisotopic (exact) mass is 230 g/mol. The van der Waals surface area contributed by atoms with Crippen molar-refractivity contribution in [3.63, 3.8) is 0 Å². The zero-order chi connectivity index (χ0) is 11.5. The van der Waals surface area contributed by atoms with Gasteiger partial charge in [0.05, 0.1) is 0 Å². The van der Waals surface area contributed by atoms with Crippen molar-refractivity contribution in [2.45, 2.75) is 20.3 Å². The van der Waals surface area contributed by atoms with E-state index in [1.165, 1.54) is 22.3 Å². The van der Waals surface area contributed by atoms with Gasteiger partial charge in [-0.1, -0.05) is 48.9 Å². The van der Waals surface area contributed by atoms with E-state index in [9.17, 15) is 0 Å². The van der Waals surface area contributed by atoms with Crippen molar-refractivity contribution in [3.8, 4) is 11.1 Å². The van der Waals surface area contributed by atoms with Crippen LogP contribution in [0.1, 0.15) is 18.1 Å². The summed E-state index contributed by atoms with van der Waals surface area (Å²) < 4.78 is 0. The first kappa shape index (κ1) is 11.2. The summed E-state index contributed by atoms with van der Waals surface area (Å²) in [7, 11) is 0. The van der Waals surface area contributed by atoms with Crippen LogP contribution in [0.2, 0.25) is 5.02 Å². The van der Waals surface area contributed by atoms with Gasteiger partial charge in [-0.3, -0.25) is 0 Å². The topological polar surface area (TPSA) is 0 Å². The second kappa shape index (κ2) is 4.71. The molecule has 0 radical (unpaired) electrons. The average Bonchev–Trinajstić information content (AvgIpc) is 2.30. The lowest BCUT2D eigenvalue weighted by Crippen LogP contribution is -1.86. The third kappa shape index (κ3) is 2.28. The van der Waals surface area contributed by atoms with Crippen LogP contribution in [-0.2, 0) is 6.42 Å². The molecular weight excluding hydrogens is 216 g/mol. The number of benzene rings is 2. The first-order valence-electron chi connectivity index (χ1n) is 5.56. The van der Waals surface area contributed by atoms with Gasteiger partial charge in [-0.25, -0.2) is 0 Å². The van der Waals surface area contributed by atoms with Gasteiger partial charge in [-0.2, -0.15) is 0 Å². The Bertz CT molecular complexity index is 483. The lowest BCUT2D eigenvalue weighted by Gasteiger charge is -2.08. The van der Waals surface area contributed by atoms with Crippen molar-refractivity contribution >= 4 is 11.6 Å². The standard InChI is InChI=1S/C15H15Cl/c1-3-12-4-9-15(11(2)10-12)13-5-7-14(16)8-6-13/h4-10H,3H2,1-2H3. The van der Waals surface area contributed by atoms with Gasteiger partial charge in [0.15, 0.2) is 0 Å². The Balaban J connectivity index is 2.44. The first-order chi connectivity index (χ1) is 7.70. The molecule has 0 N–H and O–H groups in total. The zero-order valence-corrected chi connectivity index (χ0v) is 10.4. The molecule has 0 bridgehead atoms. The molecule has 82 valence electrons. The van der Waals surface area contributed by atoms with Gasteiger partial charge >= 0.3 is 0 Å². The summed E-state index contributed by atoms with van der Waals surface area (Å²) >= 11 is 5.89. The Morgan fingerprint density at radius 2 is 1.69 bits per heavy atom. The molecule has 0 aliphatic heterocycles. The van der Waals surface area contributed by atoms with Crippen molar-refractivity contribution in [2.75, 3.05) is 0 Å². The van der Waals surface area contributed by atoms with Gasteiger partial charge < -0.3 is 0 Å². The molecule has 2 rings (SSSR count). The Labute approximate surface area is 102 Å². The van der Waals surface area contributed by atoms with E-state index >= 15 is 0 Å². The highest BCUT2D eigenvalue weighted by Gasteiger charge is 2.02. The normalized spacial score (nSPS) is 10.4. The molecule has 2 aromatic rings. The summed E-state index contributed by atoms with van der Waals surface area (Å²) in [5.41, 5.74) is 5.22. The Morgan fingerprint density at radius 3 is 2.25 bits per heavy atom. The van der Waals surface area contributed by atoms with Crippen molar-refractivity contribution in [3.05, 3.63) is 58.6 Å². The fourth-order valence-electron chi connectivity index (χ4n) is 1.90. The molecule has 0 saturated carbocycles. The van der Waals surface area contributed by atoms with Crippen LogP contribution in [0.3, 0.4) is 0 Å². The van der Waals surface area contributed by atoms with Crippen molar-refractivity contribution in [1.82, 2.24) is 0 Å². The minimum atomic E-state index is 0.784. The van der Waals surface area contributed by atoms with Crippen LogP contribution in [0.15, 0.2) is 42.5 Å². The fraction of sp³-hybridized carbons (Fsp3) is 0.200. The average molecular weight is 231 g/mol. The second-order valence-electron chi connectivity index (χ2n) is 4.01. The van der Waals surface area contributed by atoms with E-state index in [1.807, 2.05) is 12.1 Å². The maximum Gasteiger partial charge on any atom is 0.0406 e. The molecule has 0 atom stereocenters. The van der Waals surface area contributed by atoms with Crippen LogP contribution in [0.25, 0.3) is 11.1 Å². The molecule has 0 nitrogen and oxygen atoms in total. The molecule has 0 aliphatic carbocycles. The van der Waals surface area contributed by atoms with Crippen LogP contribution in [0.5, 0.6) is 0 Å². The highest BCUT2D eigenvalue weighted by Crippen LogP contribution is 2.25. The molecule has 0 amide bonds. The lowest BCUT2D eigenvalue weighted by atomic mass is 9.98. The van der Waals surface area contributed by atoms with Gasteiger partial charge in [0.1, 0.15) is 0 Å². The second-order valence-corrected chi connectivity index (χ2v) is 4.45. The summed E-state index contributed by atoms with van der Waals surface area (Å²) in [6.07, 6.45) is 1.09. The molecule has 0 saturated heterocycles. The predicted molar refractivity (Wildman–Crippen MR) is 71.0 cm³/mol. The SMILES string of the molecule is CCc1ccc(-c2ccc(Cl)cc2)c(C)c1. The molecule has 16 heavy (non-hydrogen) atoms. The summed E-state index contributed by atoms with van der Waals surface area (Å²) in [6, 6.07) is 14.6. The van der Waals surface area contributed by atoms with Crippen LogP contribution < -0.4 is 0 Å². The predicted octanol–water partition coefficient (Wildman–Crippen LogP) is 4.88. The Hall–Kier alpha value is -1.27. The number of aryl methyl sites for hydroxylation is 2. The molecule has 0 aliphatic rings.